The lowest BCUT2D eigenvalue weighted by Gasteiger charge is -2.37. The quantitative estimate of drug-likeness (QED) is 0.733. The van der Waals surface area contributed by atoms with E-state index in [0.717, 1.165) is 5.56 Å². The lowest BCUT2D eigenvalue weighted by molar-refractivity contribution is -0.137. The second-order valence-electron chi connectivity index (χ2n) is 6.86. The number of hydrogen-bond donors (Lipinski definition) is 0. The molecule has 6 heteroatoms. The molecule has 3 aliphatic heterocycles. The Morgan fingerprint density at radius 3 is 2.44 bits per heavy atom. The third kappa shape index (κ3) is 1.94. The Bertz CT molecular complexity index is 1050. The van der Waals surface area contributed by atoms with Crippen LogP contribution >= 0.6 is 0 Å². The fraction of sp³-hybridized carbons (Fsp3) is 0.190. The average molecular weight is 357 g/mol. The number of para-hydroxylation sites is 2. The van der Waals surface area contributed by atoms with Crippen LogP contribution in [-0.4, -0.2) is 29.8 Å². The van der Waals surface area contributed by atoms with Crippen LogP contribution < -0.4 is 9.64 Å². The van der Waals surface area contributed by atoms with Crippen molar-refractivity contribution in [2.75, 3.05) is 11.9 Å². The number of ether oxygens (including phenoxy) is 1. The topological polar surface area (TPSA) is 73.6 Å². The largest absolute Gasteiger partial charge is 0.438 e. The summed E-state index contributed by atoms with van der Waals surface area (Å²) in [6.07, 6.45) is 0. The van der Waals surface area contributed by atoms with E-state index in [2.05, 4.69) is 6.07 Å². The second kappa shape index (κ2) is 5.45. The molecule has 1 fully saturated rings. The van der Waals surface area contributed by atoms with Gasteiger partial charge in [0.05, 0.1) is 17.2 Å². The third-order valence-corrected chi connectivity index (χ3v) is 5.55. The first-order valence-corrected chi connectivity index (χ1v) is 8.70. The number of benzene rings is 2. The van der Waals surface area contributed by atoms with Gasteiger partial charge in [0, 0.05) is 13.0 Å². The maximum absolute atomic E-state index is 13.0. The Kier molecular flexibility index (Phi) is 3.16. The number of hydrogen-bond acceptors (Lipinski definition) is 5. The minimum atomic E-state index is -0.719. The van der Waals surface area contributed by atoms with Crippen LogP contribution in [0.4, 0.5) is 5.69 Å². The summed E-state index contributed by atoms with van der Waals surface area (Å²) in [4.78, 5) is 28.9. The number of fused-ring (bicyclic) bond motifs is 5. The van der Waals surface area contributed by atoms with Gasteiger partial charge in [-0.2, -0.15) is 5.26 Å². The standard InChI is InChI=1S/C21H15N3O3/c1-23-19(25)17-16(12-7-3-2-4-8-12)13(11-22)21-24(18(17)20(23)26)14-9-5-6-10-15(14)27-21/h2-10,16-18H,1H3/t16-,17-,18+/m1/s1. The number of likely N-dealkylation sites (tertiary alicyclic amines) is 1. The highest BCUT2D eigenvalue weighted by Gasteiger charge is 2.59. The van der Waals surface area contributed by atoms with Gasteiger partial charge in [-0.15, -0.1) is 0 Å². The molecule has 0 saturated carbocycles. The van der Waals surface area contributed by atoms with Crippen LogP contribution in [-0.2, 0) is 9.59 Å². The summed E-state index contributed by atoms with van der Waals surface area (Å²) in [7, 11) is 1.50. The van der Waals surface area contributed by atoms with Crippen LogP contribution in [0.15, 0.2) is 66.1 Å². The lowest BCUT2D eigenvalue weighted by atomic mass is 9.75. The van der Waals surface area contributed by atoms with Crippen LogP contribution in [0, 0.1) is 17.2 Å². The van der Waals surface area contributed by atoms with Crippen LogP contribution in [0.3, 0.4) is 0 Å². The number of allylic oxidation sites excluding steroid dienone is 1. The van der Waals surface area contributed by atoms with Crippen molar-refractivity contribution >= 4 is 17.5 Å². The molecule has 0 unspecified atom stereocenters. The van der Waals surface area contributed by atoms with Gasteiger partial charge >= 0.3 is 0 Å². The van der Waals surface area contributed by atoms with Crippen LogP contribution in [0.25, 0.3) is 0 Å². The van der Waals surface area contributed by atoms with E-state index in [-0.39, 0.29) is 11.8 Å². The number of likely N-dealkylation sites (N-methyl/N-ethyl adjacent to an activating group) is 1. The van der Waals surface area contributed by atoms with Gasteiger partial charge in [0.15, 0.2) is 5.75 Å². The molecule has 27 heavy (non-hydrogen) atoms. The number of anilines is 1. The van der Waals surface area contributed by atoms with Crippen molar-refractivity contribution in [1.29, 1.82) is 5.26 Å². The fourth-order valence-corrected chi connectivity index (χ4v) is 4.35. The van der Waals surface area contributed by atoms with E-state index in [1.807, 2.05) is 48.5 Å². The van der Waals surface area contributed by atoms with Gasteiger partial charge in [-0.25, -0.2) is 0 Å². The Morgan fingerprint density at radius 1 is 1.00 bits per heavy atom. The van der Waals surface area contributed by atoms with Crippen molar-refractivity contribution in [1.82, 2.24) is 4.90 Å². The molecule has 0 N–H and O–H groups in total. The number of imide groups is 1. The third-order valence-electron chi connectivity index (χ3n) is 5.55. The lowest BCUT2D eigenvalue weighted by Crippen LogP contribution is -2.48. The average Bonchev–Trinajstić information content (AvgIpc) is 3.19. The van der Waals surface area contributed by atoms with Gasteiger partial charge in [0.2, 0.25) is 11.8 Å². The maximum atomic E-state index is 13.0. The first-order chi connectivity index (χ1) is 13.1. The molecule has 0 aliphatic carbocycles. The predicted octanol–water partition coefficient (Wildman–Crippen LogP) is 2.40. The van der Waals surface area contributed by atoms with Crippen molar-refractivity contribution in [3.63, 3.8) is 0 Å². The molecule has 2 aromatic carbocycles. The Hall–Kier alpha value is -3.59. The number of rotatable bonds is 1. The van der Waals surface area contributed by atoms with Crippen molar-refractivity contribution in [3.8, 4) is 11.8 Å². The normalized spacial score (nSPS) is 25.7. The zero-order chi connectivity index (χ0) is 18.7. The van der Waals surface area contributed by atoms with Crippen molar-refractivity contribution in [2.24, 2.45) is 5.92 Å². The molecule has 3 heterocycles. The van der Waals surface area contributed by atoms with Gasteiger partial charge in [0.25, 0.3) is 5.91 Å². The van der Waals surface area contributed by atoms with Gasteiger partial charge in [0.1, 0.15) is 12.1 Å². The Labute approximate surface area is 155 Å². The first kappa shape index (κ1) is 15.6. The monoisotopic (exact) mass is 357 g/mol. The van der Waals surface area contributed by atoms with E-state index in [9.17, 15) is 14.9 Å². The summed E-state index contributed by atoms with van der Waals surface area (Å²) in [5.41, 5.74) is 1.90. The Morgan fingerprint density at radius 2 is 1.70 bits per heavy atom. The Balaban J connectivity index is 1.80. The maximum Gasteiger partial charge on any atom is 0.252 e. The van der Waals surface area contributed by atoms with Crippen LogP contribution in [0.5, 0.6) is 5.75 Å². The summed E-state index contributed by atoms with van der Waals surface area (Å²) in [5.74, 6) is -0.801. The smallest absolute Gasteiger partial charge is 0.252 e. The zero-order valence-electron chi connectivity index (χ0n) is 14.5. The minimum Gasteiger partial charge on any atom is -0.438 e. The number of nitriles is 1. The molecule has 1 saturated heterocycles. The molecule has 2 aromatic rings. The van der Waals surface area contributed by atoms with Crippen molar-refractivity contribution < 1.29 is 14.3 Å². The summed E-state index contributed by atoms with van der Waals surface area (Å²) in [6, 6.07) is 18.2. The first-order valence-electron chi connectivity index (χ1n) is 8.70. The van der Waals surface area contributed by atoms with Crippen LogP contribution in [0.2, 0.25) is 0 Å². The SMILES string of the molecule is CN1C(=O)[C@H]2[C@@H](C1=O)N1C(=C(C#N)[C@H]2c2ccccc2)Oc2ccccc21. The predicted molar refractivity (Wildman–Crippen MR) is 96.4 cm³/mol. The zero-order valence-corrected chi connectivity index (χ0v) is 14.5. The second-order valence-corrected chi connectivity index (χ2v) is 6.86. The molecule has 0 spiro atoms. The molecule has 3 atom stereocenters. The fourth-order valence-electron chi connectivity index (χ4n) is 4.35. The number of carbonyl (C=O) groups is 2. The van der Waals surface area contributed by atoms with E-state index in [1.165, 1.54) is 11.9 Å². The summed E-state index contributed by atoms with van der Waals surface area (Å²) >= 11 is 0. The molecule has 0 aromatic heterocycles. The van der Waals surface area contributed by atoms with E-state index in [4.69, 9.17) is 4.74 Å². The molecule has 6 nitrogen and oxygen atoms in total. The number of amides is 2. The van der Waals surface area contributed by atoms with Gasteiger partial charge in [-0.1, -0.05) is 42.5 Å². The highest BCUT2D eigenvalue weighted by atomic mass is 16.5. The van der Waals surface area contributed by atoms with Gasteiger partial charge in [-0.05, 0) is 17.7 Å². The van der Waals surface area contributed by atoms with Crippen molar-refractivity contribution in [3.05, 3.63) is 71.6 Å². The molecular formula is C21H15N3O3. The minimum absolute atomic E-state index is 0.268. The van der Waals surface area contributed by atoms with E-state index in [0.29, 0.717) is 22.9 Å². The summed E-state index contributed by atoms with van der Waals surface area (Å²) < 4.78 is 5.99. The highest BCUT2D eigenvalue weighted by Crippen LogP contribution is 2.52. The van der Waals surface area contributed by atoms with Gasteiger partial charge in [-0.3, -0.25) is 19.4 Å². The van der Waals surface area contributed by atoms with Crippen LogP contribution in [0.1, 0.15) is 11.5 Å². The molecule has 0 radical (unpaired) electrons. The summed E-state index contributed by atoms with van der Waals surface area (Å²) in [6.45, 7) is 0. The molecule has 5 rings (SSSR count). The van der Waals surface area contributed by atoms with E-state index in [1.54, 1.807) is 11.0 Å². The highest BCUT2D eigenvalue weighted by molar-refractivity contribution is 6.10. The van der Waals surface area contributed by atoms with Crippen molar-refractivity contribution in [2.45, 2.75) is 12.0 Å². The number of nitrogens with zero attached hydrogens (tertiary/aromatic N) is 3. The molecular weight excluding hydrogens is 342 g/mol. The summed E-state index contributed by atoms with van der Waals surface area (Å²) in [5, 5.41) is 9.96. The van der Waals surface area contributed by atoms with Gasteiger partial charge < -0.3 is 4.74 Å². The van der Waals surface area contributed by atoms with E-state index >= 15 is 0 Å². The molecule has 132 valence electrons. The van der Waals surface area contributed by atoms with E-state index < -0.39 is 17.9 Å². The molecule has 2 amide bonds. The molecule has 3 aliphatic rings. The number of carbonyl (C=O) groups excluding carboxylic acids is 2. The molecule has 0 bridgehead atoms.